The van der Waals surface area contributed by atoms with Crippen LogP contribution in [0.2, 0.25) is 0 Å². The Labute approximate surface area is 194 Å². The second-order valence-electron chi connectivity index (χ2n) is 8.93. The molecule has 1 unspecified atom stereocenters. The zero-order valence-electron chi connectivity index (χ0n) is 19.5. The van der Waals surface area contributed by atoms with Crippen molar-refractivity contribution >= 4 is 32.5 Å². The van der Waals surface area contributed by atoms with Crippen molar-refractivity contribution in [3.63, 3.8) is 0 Å². The molecule has 2 aromatic heterocycles. The van der Waals surface area contributed by atoms with Crippen molar-refractivity contribution in [2.45, 2.75) is 38.1 Å². The number of piperidine rings is 1. The van der Waals surface area contributed by atoms with E-state index in [2.05, 4.69) is 26.1 Å². The molecule has 1 N–H and O–H groups in total. The van der Waals surface area contributed by atoms with E-state index in [1.807, 2.05) is 38.4 Å². The number of fused-ring (bicyclic) bond motifs is 1. The average molecular weight is 474 g/mol. The Kier molecular flexibility index (Phi) is 6.60. The molecule has 1 amide bonds. The molecule has 33 heavy (non-hydrogen) atoms. The van der Waals surface area contributed by atoms with Gasteiger partial charge >= 0.3 is 0 Å². The number of aryl methyl sites for hydroxylation is 2. The Morgan fingerprint density at radius 3 is 2.76 bits per heavy atom. The second kappa shape index (κ2) is 9.28. The van der Waals surface area contributed by atoms with Crippen LogP contribution in [-0.4, -0.2) is 67.0 Å². The number of likely N-dealkylation sites (N-methyl/N-ethyl adjacent to an activating group) is 1. The standard InChI is InChI=1S/C23H31N5O4S/c1-16-22(17(2)32-25-16)33(30,31)28-10-5-6-19(15-28)23(29)24-20-7-8-21-18(14-20)9-11-27(21)13-12-26(3)4/h7-9,11,14,19H,5-6,10,12-13,15H2,1-4H3,(H,24,29). The van der Waals surface area contributed by atoms with Gasteiger partial charge < -0.3 is 19.3 Å². The molecule has 1 saturated heterocycles. The summed E-state index contributed by atoms with van der Waals surface area (Å²) in [6.07, 6.45) is 3.31. The van der Waals surface area contributed by atoms with E-state index < -0.39 is 15.9 Å². The van der Waals surface area contributed by atoms with Gasteiger partial charge in [-0.2, -0.15) is 4.31 Å². The fraction of sp³-hybridized carbons (Fsp3) is 0.478. The van der Waals surface area contributed by atoms with Crippen molar-refractivity contribution in [3.05, 3.63) is 41.9 Å². The summed E-state index contributed by atoms with van der Waals surface area (Å²) in [5.41, 5.74) is 2.16. The quantitative estimate of drug-likeness (QED) is 0.566. The third kappa shape index (κ3) is 4.83. The Hall–Kier alpha value is -2.69. The highest BCUT2D eigenvalue weighted by Crippen LogP contribution is 2.28. The summed E-state index contributed by atoms with van der Waals surface area (Å²) in [4.78, 5) is 15.2. The van der Waals surface area contributed by atoms with Gasteiger partial charge in [0.05, 0.1) is 5.92 Å². The van der Waals surface area contributed by atoms with Gasteiger partial charge in [0.1, 0.15) is 10.6 Å². The Morgan fingerprint density at radius 1 is 1.27 bits per heavy atom. The van der Waals surface area contributed by atoms with Crippen LogP contribution in [0.1, 0.15) is 24.3 Å². The van der Waals surface area contributed by atoms with E-state index in [4.69, 9.17) is 4.52 Å². The summed E-state index contributed by atoms with van der Waals surface area (Å²) in [7, 11) is 0.328. The van der Waals surface area contributed by atoms with Gasteiger partial charge in [0, 0.05) is 49.0 Å². The van der Waals surface area contributed by atoms with Crippen LogP contribution in [0.25, 0.3) is 10.9 Å². The maximum Gasteiger partial charge on any atom is 0.248 e. The number of hydrogen-bond acceptors (Lipinski definition) is 6. The van der Waals surface area contributed by atoms with Gasteiger partial charge in [0.25, 0.3) is 0 Å². The number of rotatable bonds is 7. The highest BCUT2D eigenvalue weighted by Gasteiger charge is 2.36. The molecular formula is C23H31N5O4S. The lowest BCUT2D eigenvalue weighted by atomic mass is 9.98. The van der Waals surface area contributed by atoms with Gasteiger partial charge in [-0.1, -0.05) is 5.16 Å². The van der Waals surface area contributed by atoms with Crippen LogP contribution < -0.4 is 5.32 Å². The number of nitrogens with zero attached hydrogens (tertiary/aromatic N) is 4. The van der Waals surface area contributed by atoms with Crippen LogP contribution in [0.15, 0.2) is 39.9 Å². The minimum absolute atomic E-state index is 0.104. The summed E-state index contributed by atoms with van der Waals surface area (Å²) in [6, 6.07) is 7.91. The predicted octanol–water partition coefficient (Wildman–Crippen LogP) is 2.85. The van der Waals surface area contributed by atoms with Gasteiger partial charge in [-0.15, -0.1) is 0 Å². The molecule has 10 heteroatoms. The fourth-order valence-electron chi connectivity index (χ4n) is 4.37. The van der Waals surface area contributed by atoms with Gasteiger partial charge in [-0.25, -0.2) is 8.42 Å². The first kappa shape index (κ1) is 23.5. The lowest BCUT2D eigenvalue weighted by molar-refractivity contribution is -0.120. The third-order valence-corrected chi connectivity index (χ3v) is 8.26. The molecule has 4 rings (SSSR count). The molecule has 1 fully saturated rings. The highest BCUT2D eigenvalue weighted by atomic mass is 32.2. The molecule has 0 radical (unpaired) electrons. The van der Waals surface area contributed by atoms with Crippen LogP contribution in [0.5, 0.6) is 0 Å². The van der Waals surface area contributed by atoms with Gasteiger partial charge in [-0.05, 0) is 65.0 Å². The molecule has 0 aliphatic carbocycles. The summed E-state index contributed by atoms with van der Waals surface area (Å²) >= 11 is 0. The maximum atomic E-state index is 13.1. The summed E-state index contributed by atoms with van der Waals surface area (Å²) in [5.74, 6) is -0.320. The molecule has 1 aliphatic heterocycles. The van der Waals surface area contributed by atoms with Crippen LogP contribution in [0, 0.1) is 19.8 Å². The molecule has 3 aromatic rings. The minimum atomic E-state index is -3.77. The van der Waals surface area contributed by atoms with Crippen molar-refractivity contribution in [3.8, 4) is 0 Å². The molecule has 0 bridgehead atoms. The molecule has 9 nitrogen and oxygen atoms in total. The zero-order valence-corrected chi connectivity index (χ0v) is 20.4. The number of carbonyl (C=O) groups is 1. The van der Waals surface area contributed by atoms with Crippen molar-refractivity contribution in [2.24, 2.45) is 5.92 Å². The first-order chi connectivity index (χ1) is 15.7. The molecule has 0 saturated carbocycles. The number of nitrogens with one attached hydrogen (secondary N) is 1. The number of amides is 1. The Morgan fingerprint density at radius 2 is 2.06 bits per heavy atom. The molecular weight excluding hydrogens is 442 g/mol. The number of aromatic nitrogens is 2. The van der Waals surface area contributed by atoms with E-state index in [0.717, 1.165) is 24.0 Å². The first-order valence-electron chi connectivity index (χ1n) is 11.1. The van der Waals surface area contributed by atoms with Crippen molar-refractivity contribution in [1.82, 2.24) is 18.9 Å². The van der Waals surface area contributed by atoms with Gasteiger partial charge in [0.15, 0.2) is 5.76 Å². The van der Waals surface area contributed by atoms with Crippen LogP contribution >= 0.6 is 0 Å². The molecule has 3 heterocycles. The Bertz CT molecular complexity index is 1240. The van der Waals surface area contributed by atoms with Crippen LogP contribution in [0.3, 0.4) is 0 Å². The van der Waals surface area contributed by atoms with E-state index in [0.29, 0.717) is 30.8 Å². The number of sulfonamides is 1. The number of anilines is 1. The molecule has 1 aliphatic rings. The number of carbonyl (C=O) groups excluding carboxylic acids is 1. The number of hydrogen-bond donors (Lipinski definition) is 1. The van der Waals surface area contributed by atoms with E-state index in [1.54, 1.807) is 13.8 Å². The second-order valence-corrected chi connectivity index (χ2v) is 10.8. The summed E-state index contributed by atoms with van der Waals surface area (Å²) < 4.78 is 34.9. The summed E-state index contributed by atoms with van der Waals surface area (Å²) in [6.45, 7) is 5.55. The van der Waals surface area contributed by atoms with E-state index in [1.165, 1.54) is 4.31 Å². The largest absolute Gasteiger partial charge is 0.360 e. The fourth-order valence-corrected chi connectivity index (χ4v) is 6.19. The molecule has 178 valence electrons. The smallest absolute Gasteiger partial charge is 0.248 e. The normalized spacial score (nSPS) is 17.7. The van der Waals surface area contributed by atoms with E-state index in [9.17, 15) is 13.2 Å². The van der Waals surface area contributed by atoms with Crippen molar-refractivity contribution in [2.75, 3.05) is 39.0 Å². The predicted molar refractivity (Wildman–Crippen MR) is 127 cm³/mol. The Balaban J connectivity index is 1.46. The first-order valence-corrected chi connectivity index (χ1v) is 12.6. The lowest BCUT2D eigenvalue weighted by Gasteiger charge is -2.31. The highest BCUT2D eigenvalue weighted by molar-refractivity contribution is 7.89. The van der Waals surface area contributed by atoms with Crippen molar-refractivity contribution in [1.29, 1.82) is 0 Å². The monoisotopic (exact) mass is 473 g/mol. The topological polar surface area (TPSA) is 101 Å². The van der Waals surface area contributed by atoms with Gasteiger partial charge in [0.2, 0.25) is 15.9 Å². The number of benzene rings is 1. The zero-order chi connectivity index (χ0) is 23.8. The van der Waals surface area contributed by atoms with Crippen LogP contribution in [0.4, 0.5) is 5.69 Å². The van der Waals surface area contributed by atoms with E-state index >= 15 is 0 Å². The minimum Gasteiger partial charge on any atom is -0.360 e. The van der Waals surface area contributed by atoms with Gasteiger partial charge in [-0.3, -0.25) is 4.79 Å². The van der Waals surface area contributed by atoms with E-state index in [-0.39, 0.29) is 23.1 Å². The SMILES string of the molecule is Cc1noc(C)c1S(=O)(=O)N1CCCC(C(=O)Nc2ccc3c(ccn3CCN(C)C)c2)C1. The van der Waals surface area contributed by atoms with Crippen LogP contribution in [-0.2, 0) is 21.4 Å². The molecule has 1 aromatic carbocycles. The van der Waals surface area contributed by atoms with Crippen molar-refractivity contribution < 1.29 is 17.7 Å². The summed E-state index contributed by atoms with van der Waals surface area (Å²) in [5, 5.41) is 7.81. The average Bonchev–Trinajstić information content (AvgIpc) is 3.34. The molecule has 0 spiro atoms. The maximum absolute atomic E-state index is 13.1. The third-order valence-electron chi connectivity index (χ3n) is 6.15. The molecule has 1 atom stereocenters. The lowest BCUT2D eigenvalue weighted by Crippen LogP contribution is -2.43.